The topological polar surface area (TPSA) is 32.7 Å². The van der Waals surface area contributed by atoms with Crippen LogP contribution in [0.15, 0.2) is 0 Å². The summed E-state index contributed by atoms with van der Waals surface area (Å²) in [7, 11) is 1.76. The molecule has 120 valence electrons. The van der Waals surface area contributed by atoms with Gasteiger partial charge in [0.2, 0.25) is 0 Å². The van der Waals surface area contributed by atoms with E-state index in [2.05, 4.69) is 32.6 Å². The molecule has 1 fully saturated rings. The van der Waals surface area contributed by atoms with Gasteiger partial charge in [-0.05, 0) is 50.4 Å². The van der Waals surface area contributed by atoms with E-state index in [1.807, 2.05) is 0 Å². The lowest BCUT2D eigenvalue weighted by molar-refractivity contribution is 0.00655. The molecule has 1 aliphatic carbocycles. The highest BCUT2D eigenvalue weighted by atomic mass is 16.5. The minimum Gasteiger partial charge on any atom is -0.393 e. The molecule has 1 rings (SSSR count). The molecule has 0 saturated heterocycles. The quantitative estimate of drug-likeness (QED) is 0.743. The first-order valence-electron chi connectivity index (χ1n) is 8.40. The molecule has 0 radical (unpaired) electrons. The summed E-state index contributed by atoms with van der Waals surface area (Å²) >= 11 is 0. The van der Waals surface area contributed by atoms with E-state index in [9.17, 15) is 5.11 Å². The fraction of sp³-hybridized carbons (Fsp3) is 1.00. The van der Waals surface area contributed by atoms with Crippen molar-refractivity contribution in [1.82, 2.24) is 4.90 Å². The van der Waals surface area contributed by atoms with Gasteiger partial charge in [0.05, 0.1) is 12.7 Å². The molecule has 3 nitrogen and oxygen atoms in total. The number of methoxy groups -OCH3 is 1. The Bertz CT molecular complexity index is 257. The van der Waals surface area contributed by atoms with Gasteiger partial charge in [-0.3, -0.25) is 4.90 Å². The average Bonchev–Trinajstić information content (AvgIpc) is 2.44. The number of hydrogen-bond donors (Lipinski definition) is 1. The minimum atomic E-state index is -0.112. The van der Waals surface area contributed by atoms with Gasteiger partial charge in [-0.2, -0.15) is 0 Å². The molecule has 0 aromatic heterocycles. The molecular formula is C17H35NO2. The van der Waals surface area contributed by atoms with Crippen molar-refractivity contribution in [2.45, 2.75) is 65.5 Å². The summed E-state index contributed by atoms with van der Waals surface area (Å²) in [5.41, 5.74) is 0. The van der Waals surface area contributed by atoms with Gasteiger partial charge in [0.15, 0.2) is 0 Å². The van der Waals surface area contributed by atoms with Crippen molar-refractivity contribution < 1.29 is 9.84 Å². The number of aliphatic hydroxyl groups excluding tert-OH is 1. The molecule has 1 saturated carbocycles. The number of rotatable bonds is 8. The van der Waals surface area contributed by atoms with E-state index in [-0.39, 0.29) is 6.10 Å². The highest BCUT2D eigenvalue weighted by Crippen LogP contribution is 2.34. The normalized spacial score (nSPS) is 29.1. The van der Waals surface area contributed by atoms with Gasteiger partial charge in [0.1, 0.15) is 0 Å². The van der Waals surface area contributed by atoms with Crippen LogP contribution in [0.4, 0.5) is 0 Å². The molecule has 1 aliphatic rings. The number of ether oxygens (including phenoxy) is 1. The molecule has 3 heteroatoms. The van der Waals surface area contributed by atoms with Crippen LogP contribution in [-0.2, 0) is 4.74 Å². The third kappa shape index (κ3) is 5.34. The fourth-order valence-corrected chi connectivity index (χ4v) is 3.35. The van der Waals surface area contributed by atoms with Crippen molar-refractivity contribution in [2.75, 3.05) is 26.8 Å². The molecule has 20 heavy (non-hydrogen) atoms. The lowest BCUT2D eigenvalue weighted by Gasteiger charge is -2.39. The molecular weight excluding hydrogens is 250 g/mol. The smallest absolute Gasteiger partial charge is 0.0589 e. The van der Waals surface area contributed by atoms with E-state index < -0.39 is 0 Å². The predicted octanol–water partition coefficient (Wildman–Crippen LogP) is 3.17. The molecule has 0 aromatic rings. The number of nitrogens with zero attached hydrogens (tertiary/aromatic N) is 1. The maximum Gasteiger partial charge on any atom is 0.0589 e. The molecule has 0 aliphatic heterocycles. The van der Waals surface area contributed by atoms with E-state index >= 15 is 0 Å². The predicted molar refractivity (Wildman–Crippen MR) is 84.9 cm³/mol. The monoisotopic (exact) mass is 285 g/mol. The zero-order chi connectivity index (χ0) is 15.1. The van der Waals surface area contributed by atoms with E-state index in [1.54, 1.807) is 7.11 Å². The standard InChI is InChI=1S/C17H35NO2/c1-6-14(4)18(9-10-20-5)12-16-11-15(13(2)3)7-8-17(16)19/h13-17,19H,6-12H2,1-5H3. The summed E-state index contributed by atoms with van der Waals surface area (Å²) in [5.74, 6) is 1.95. The Kier molecular flexibility index (Phi) is 8.08. The zero-order valence-electron chi connectivity index (χ0n) is 14.1. The molecule has 4 unspecified atom stereocenters. The van der Waals surface area contributed by atoms with E-state index in [1.165, 1.54) is 12.8 Å². The third-order valence-corrected chi connectivity index (χ3v) is 5.19. The largest absolute Gasteiger partial charge is 0.393 e. The maximum atomic E-state index is 10.3. The van der Waals surface area contributed by atoms with Crippen molar-refractivity contribution in [3.8, 4) is 0 Å². The van der Waals surface area contributed by atoms with Gasteiger partial charge in [-0.1, -0.05) is 20.8 Å². The molecule has 0 aromatic carbocycles. The van der Waals surface area contributed by atoms with Crippen LogP contribution in [-0.4, -0.2) is 49.0 Å². The first kappa shape index (κ1) is 17.9. The summed E-state index contributed by atoms with van der Waals surface area (Å²) < 4.78 is 5.24. The van der Waals surface area contributed by atoms with Crippen molar-refractivity contribution in [1.29, 1.82) is 0 Å². The van der Waals surface area contributed by atoms with Crippen LogP contribution in [0.5, 0.6) is 0 Å². The Hall–Kier alpha value is -0.120. The van der Waals surface area contributed by atoms with Crippen molar-refractivity contribution in [2.24, 2.45) is 17.8 Å². The van der Waals surface area contributed by atoms with Gasteiger partial charge in [0.25, 0.3) is 0 Å². The van der Waals surface area contributed by atoms with Crippen LogP contribution >= 0.6 is 0 Å². The first-order chi connectivity index (χ1) is 9.49. The Morgan fingerprint density at radius 3 is 2.50 bits per heavy atom. The highest BCUT2D eigenvalue weighted by molar-refractivity contribution is 4.84. The fourth-order valence-electron chi connectivity index (χ4n) is 3.35. The molecule has 0 amide bonds. The Labute approximate surface area is 125 Å². The second kappa shape index (κ2) is 9.01. The van der Waals surface area contributed by atoms with Gasteiger partial charge in [0, 0.05) is 26.2 Å². The van der Waals surface area contributed by atoms with Crippen LogP contribution < -0.4 is 0 Å². The minimum absolute atomic E-state index is 0.112. The van der Waals surface area contributed by atoms with Crippen LogP contribution in [0.1, 0.15) is 53.4 Å². The van der Waals surface area contributed by atoms with Crippen molar-refractivity contribution >= 4 is 0 Å². The van der Waals surface area contributed by atoms with E-state index in [4.69, 9.17) is 4.74 Å². The lowest BCUT2D eigenvalue weighted by Crippen LogP contribution is -2.44. The van der Waals surface area contributed by atoms with Gasteiger partial charge in [-0.25, -0.2) is 0 Å². The summed E-state index contributed by atoms with van der Waals surface area (Å²) in [5, 5.41) is 10.3. The molecule has 0 bridgehead atoms. The van der Waals surface area contributed by atoms with Gasteiger partial charge in [-0.15, -0.1) is 0 Å². The van der Waals surface area contributed by atoms with Crippen molar-refractivity contribution in [3.05, 3.63) is 0 Å². The molecule has 0 heterocycles. The number of aliphatic hydroxyl groups is 1. The SMILES string of the molecule is CCC(C)N(CCOC)CC1CC(C(C)C)CCC1O. The summed E-state index contributed by atoms with van der Waals surface area (Å²) in [6, 6.07) is 0.566. The average molecular weight is 285 g/mol. The lowest BCUT2D eigenvalue weighted by atomic mass is 9.74. The Morgan fingerprint density at radius 1 is 1.25 bits per heavy atom. The zero-order valence-corrected chi connectivity index (χ0v) is 14.1. The molecule has 4 atom stereocenters. The van der Waals surface area contributed by atoms with E-state index in [0.717, 1.165) is 44.4 Å². The van der Waals surface area contributed by atoms with Crippen LogP contribution in [0.2, 0.25) is 0 Å². The van der Waals surface area contributed by atoms with Gasteiger partial charge >= 0.3 is 0 Å². The second-order valence-electron chi connectivity index (χ2n) is 6.89. The second-order valence-corrected chi connectivity index (χ2v) is 6.89. The first-order valence-corrected chi connectivity index (χ1v) is 8.40. The van der Waals surface area contributed by atoms with Crippen molar-refractivity contribution in [3.63, 3.8) is 0 Å². The molecule has 1 N–H and O–H groups in total. The van der Waals surface area contributed by atoms with Crippen LogP contribution in [0.25, 0.3) is 0 Å². The van der Waals surface area contributed by atoms with E-state index in [0.29, 0.717) is 12.0 Å². The summed E-state index contributed by atoms with van der Waals surface area (Å²) in [6.45, 7) is 11.9. The Balaban J connectivity index is 2.59. The third-order valence-electron chi connectivity index (χ3n) is 5.19. The highest BCUT2D eigenvalue weighted by Gasteiger charge is 2.32. The summed E-state index contributed by atoms with van der Waals surface area (Å²) in [6.07, 6.45) is 4.39. The Morgan fingerprint density at radius 2 is 1.95 bits per heavy atom. The number of hydrogen-bond acceptors (Lipinski definition) is 3. The maximum absolute atomic E-state index is 10.3. The van der Waals surface area contributed by atoms with Gasteiger partial charge < -0.3 is 9.84 Å². The molecule has 0 spiro atoms. The summed E-state index contributed by atoms with van der Waals surface area (Å²) in [4.78, 5) is 2.50. The van der Waals surface area contributed by atoms with Crippen LogP contribution in [0.3, 0.4) is 0 Å². The van der Waals surface area contributed by atoms with Crippen LogP contribution in [0, 0.1) is 17.8 Å².